The smallest absolute Gasteiger partial charge is 0.776 e. The van der Waals surface area contributed by atoms with Gasteiger partial charge in [-0.15, -0.1) is 0 Å². The average molecular weight is 379 g/mol. The monoisotopic (exact) mass is 378 g/mol. The van der Waals surface area contributed by atoms with Gasteiger partial charge in [0.1, 0.15) is 5.75 Å². The molecule has 10 heteroatoms. The van der Waals surface area contributed by atoms with Crippen molar-refractivity contribution in [1.29, 1.82) is 0 Å². The number of hydrogen-bond acceptors (Lipinski definition) is 5. The second kappa shape index (κ2) is 10.2. The van der Waals surface area contributed by atoms with Crippen molar-refractivity contribution in [3.63, 3.8) is 0 Å². The Morgan fingerprint density at radius 1 is 1.41 bits per heavy atom. The number of rotatable bonds is 7. The fraction of sp³-hybridized carbons (Fsp3) is 0.417. The summed E-state index contributed by atoms with van der Waals surface area (Å²) < 4.78 is 20.8. The van der Waals surface area contributed by atoms with Crippen molar-refractivity contribution in [2.24, 2.45) is 0 Å². The van der Waals surface area contributed by atoms with Gasteiger partial charge in [-0.2, -0.15) is 0 Å². The Morgan fingerprint density at radius 2 is 1.95 bits per heavy atom. The van der Waals surface area contributed by atoms with Gasteiger partial charge in [-0.3, -0.25) is 0 Å². The maximum Gasteiger partial charge on any atom is 1.00 e. The molecule has 0 spiro atoms. The molecule has 0 saturated carbocycles. The first-order valence-electron chi connectivity index (χ1n) is 6.04. The Kier molecular flexibility index (Phi) is 10.3. The topological polar surface area (TPSA) is 95.9 Å². The molecule has 0 fully saturated rings. The van der Waals surface area contributed by atoms with E-state index in [2.05, 4.69) is 4.74 Å². The van der Waals surface area contributed by atoms with Crippen LogP contribution in [0.4, 0.5) is 0 Å². The van der Waals surface area contributed by atoms with Crippen molar-refractivity contribution in [3.05, 3.63) is 29.3 Å². The van der Waals surface area contributed by atoms with Gasteiger partial charge in [0.25, 0.3) is 5.56 Å². The van der Waals surface area contributed by atoms with E-state index in [1.54, 1.807) is 6.92 Å². The molecule has 0 aliphatic carbocycles. The van der Waals surface area contributed by atoms with Gasteiger partial charge < -0.3 is 23.8 Å². The molecular weight excluding hydrogens is 365 g/mol. The van der Waals surface area contributed by atoms with Gasteiger partial charge in [0.05, 0.1) is 0 Å². The minimum Gasteiger partial charge on any atom is -0.776 e. The van der Waals surface area contributed by atoms with E-state index < -0.39 is 25.0 Å². The summed E-state index contributed by atoms with van der Waals surface area (Å²) in [6.07, 6.45) is 0.364. The molecule has 0 aliphatic rings. The second-order valence-corrected chi connectivity index (χ2v) is 6.67. The molecule has 1 aromatic carbocycles. The zero-order valence-electron chi connectivity index (χ0n) is 12.1. The Morgan fingerprint density at radius 3 is 2.41 bits per heavy atom. The standard InChI is InChI=1S/C12H15Cl2O6P.Na/c1-2-3-10(21(16,17)18)20-12(15)11(14)19-9-6-4-8(13)5-7-9;/h4-7,10-11H,2-3H2,1H3,(H2,16,17,18);/q;+1/p-1. The average Bonchev–Trinajstić information content (AvgIpc) is 2.39. The number of carbonyl (C=O) groups excluding carboxylic acids is 1. The summed E-state index contributed by atoms with van der Waals surface area (Å²) in [6, 6.07) is 6.04. The fourth-order valence-electron chi connectivity index (χ4n) is 1.40. The Bertz CT molecular complexity index is 521. The fourth-order valence-corrected chi connectivity index (χ4v) is 2.51. The third-order valence-corrected chi connectivity index (χ3v) is 4.00. The van der Waals surface area contributed by atoms with Gasteiger partial charge in [0.15, 0.2) is 13.4 Å². The van der Waals surface area contributed by atoms with E-state index in [1.165, 1.54) is 24.3 Å². The maximum atomic E-state index is 11.7. The molecule has 3 unspecified atom stereocenters. The van der Waals surface area contributed by atoms with Crippen LogP contribution in [-0.4, -0.2) is 22.3 Å². The van der Waals surface area contributed by atoms with E-state index in [0.717, 1.165) is 0 Å². The maximum absolute atomic E-state index is 11.7. The number of halogens is 2. The summed E-state index contributed by atoms with van der Waals surface area (Å²) in [5.41, 5.74) is -1.54. The molecule has 1 N–H and O–H groups in total. The largest absolute Gasteiger partial charge is 1.00 e. The molecule has 118 valence electrons. The molecule has 0 saturated heterocycles. The number of alkyl halides is 1. The molecule has 6 nitrogen and oxygen atoms in total. The predicted molar refractivity (Wildman–Crippen MR) is 76.3 cm³/mol. The molecule has 22 heavy (non-hydrogen) atoms. The van der Waals surface area contributed by atoms with Gasteiger partial charge in [0.2, 0.25) is 0 Å². The van der Waals surface area contributed by atoms with Crippen molar-refractivity contribution in [2.75, 3.05) is 0 Å². The normalized spacial score (nSPS) is 15.9. The van der Waals surface area contributed by atoms with Crippen molar-refractivity contribution in [1.82, 2.24) is 0 Å². The Hall–Kier alpha value is 0.220. The van der Waals surface area contributed by atoms with Crippen LogP contribution in [0.5, 0.6) is 5.75 Å². The van der Waals surface area contributed by atoms with E-state index in [9.17, 15) is 14.3 Å². The number of carbonyl (C=O) groups is 1. The van der Waals surface area contributed by atoms with Crippen molar-refractivity contribution >= 4 is 36.8 Å². The first-order valence-corrected chi connectivity index (χ1v) is 8.50. The third-order valence-electron chi connectivity index (χ3n) is 2.39. The molecule has 0 amide bonds. The molecule has 0 aromatic heterocycles. The Labute approximate surface area is 160 Å². The summed E-state index contributed by atoms with van der Waals surface area (Å²) >= 11 is 11.4. The van der Waals surface area contributed by atoms with E-state index in [-0.39, 0.29) is 41.7 Å². The second-order valence-electron chi connectivity index (χ2n) is 4.13. The third kappa shape index (κ3) is 7.66. The van der Waals surface area contributed by atoms with Crippen LogP contribution in [0.15, 0.2) is 24.3 Å². The number of benzene rings is 1. The molecule has 1 rings (SSSR count). The van der Waals surface area contributed by atoms with Crippen molar-refractivity contribution in [2.45, 2.75) is 31.2 Å². The first kappa shape index (κ1) is 22.2. The van der Waals surface area contributed by atoms with Crippen LogP contribution in [0.1, 0.15) is 19.8 Å². The summed E-state index contributed by atoms with van der Waals surface area (Å²) in [7, 11) is -4.80. The number of esters is 1. The van der Waals surface area contributed by atoms with E-state index in [1.807, 2.05) is 0 Å². The van der Waals surface area contributed by atoms with Gasteiger partial charge in [-0.05, 0) is 30.7 Å². The van der Waals surface area contributed by atoms with E-state index >= 15 is 0 Å². The van der Waals surface area contributed by atoms with Gasteiger partial charge in [-0.25, -0.2) is 4.79 Å². The van der Waals surface area contributed by atoms with Crippen LogP contribution in [0, 0.1) is 0 Å². The van der Waals surface area contributed by atoms with Crippen LogP contribution in [0.2, 0.25) is 5.02 Å². The molecular formula is C12H14Cl2NaO6P. The van der Waals surface area contributed by atoms with Crippen LogP contribution >= 0.6 is 30.8 Å². The van der Waals surface area contributed by atoms with Crippen molar-refractivity contribution in [3.8, 4) is 5.75 Å². The Balaban J connectivity index is 0.00000441. The molecule has 3 atom stereocenters. The minimum absolute atomic E-state index is 0. The molecule has 0 heterocycles. The molecule has 1 aromatic rings. The zero-order valence-corrected chi connectivity index (χ0v) is 16.5. The summed E-state index contributed by atoms with van der Waals surface area (Å²) in [5.74, 6) is -2.47. The molecule has 0 radical (unpaired) electrons. The molecule has 0 aliphatic heterocycles. The van der Waals surface area contributed by atoms with Crippen LogP contribution in [-0.2, 0) is 14.1 Å². The van der Waals surface area contributed by atoms with Gasteiger partial charge in [-0.1, -0.05) is 36.5 Å². The van der Waals surface area contributed by atoms with Crippen LogP contribution in [0.25, 0.3) is 0 Å². The van der Waals surface area contributed by atoms with E-state index in [4.69, 9.17) is 32.8 Å². The number of hydrogen-bond donors (Lipinski definition) is 1. The zero-order chi connectivity index (χ0) is 16.0. The van der Waals surface area contributed by atoms with Crippen LogP contribution < -0.4 is 39.2 Å². The van der Waals surface area contributed by atoms with E-state index in [0.29, 0.717) is 11.4 Å². The quantitative estimate of drug-likeness (QED) is 0.297. The summed E-state index contributed by atoms with van der Waals surface area (Å²) in [6.45, 7) is 1.68. The molecule has 0 bridgehead atoms. The van der Waals surface area contributed by atoms with Gasteiger partial charge >= 0.3 is 35.5 Å². The minimum atomic E-state index is -4.80. The SMILES string of the molecule is CCCC(OC(=O)C(Cl)Oc1ccc(Cl)cc1)P(=O)([O-])O.[Na+]. The number of ether oxygens (including phenoxy) is 2. The summed E-state index contributed by atoms with van der Waals surface area (Å²) in [5, 5.41) is 0.478. The first-order chi connectivity index (χ1) is 9.74. The summed E-state index contributed by atoms with van der Waals surface area (Å²) in [4.78, 5) is 31.7. The van der Waals surface area contributed by atoms with Crippen LogP contribution in [0.3, 0.4) is 0 Å². The predicted octanol–water partition coefficient (Wildman–Crippen LogP) is -0.497. The van der Waals surface area contributed by atoms with Gasteiger partial charge in [0, 0.05) is 5.02 Å². The van der Waals surface area contributed by atoms with Crippen molar-refractivity contribution < 1.29 is 58.2 Å².